The molecular formula is C50H72N6O9S. The van der Waals surface area contributed by atoms with Gasteiger partial charge in [0.25, 0.3) is 11.8 Å². The van der Waals surface area contributed by atoms with E-state index < -0.39 is 35.6 Å². The molecule has 16 heteroatoms. The molecule has 5 rings (SSSR count). The van der Waals surface area contributed by atoms with Gasteiger partial charge in [0.1, 0.15) is 5.01 Å². The molecule has 2 N–H and O–H groups in total. The Morgan fingerprint density at radius 3 is 2.24 bits per heavy atom. The largest absolute Gasteiger partial charge is 0.379 e. The van der Waals surface area contributed by atoms with Crippen molar-refractivity contribution in [3.8, 4) is 0 Å². The molecule has 1 saturated carbocycles. The Hall–Kier alpha value is -4.80. The maximum Gasteiger partial charge on any atom is 0.253 e. The van der Waals surface area contributed by atoms with E-state index in [0.29, 0.717) is 64.5 Å². The van der Waals surface area contributed by atoms with Crippen LogP contribution < -0.4 is 10.6 Å². The molecule has 3 aliphatic rings. The highest BCUT2D eigenvalue weighted by Gasteiger charge is 2.52. The number of carbonyl (C=O) groups is 7. The van der Waals surface area contributed by atoms with Crippen molar-refractivity contribution in [1.29, 1.82) is 0 Å². The number of hydrogen-bond acceptors (Lipinski definition) is 11. The van der Waals surface area contributed by atoms with Gasteiger partial charge in [-0.15, -0.1) is 11.3 Å². The molecule has 2 aromatic rings. The highest BCUT2D eigenvalue weighted by Crippen LogP contribution is 2.40. The van der Waals surface area contributed by atoms with Crippen molar-refractivity contribution in [2.24, 2.45) is 23.7 Å². The molecule has 0 unspecified atom stereocenters. The third kappa shape index (κ3) is 13.2. The summed E-state index contributed by atoms with van der Waals surface area (Å²) in [5.41, 5.74) is 0.0856. The van der Waals surface area contributed by atoms with Crippen LogP contribution in [0.5, 0.6) is 0 Å². The smallest absolute Gasteiger partial charge is 0.253 e. The zero-order valence-electron chi connectivity index (χ0n) is 40.2. The molecule has 1 saturated heterocycles. The molecule has 0 radical (unpaired) electrons. The summed E-state index contributed by atoms with van der Waals surface area (Å²) >= 11 is 1.49. The van der Waals surface area contributed by atoms with Crippen LogP contribution in [0.3, 0.4) is 0 Å². The maximum absolute atomic E-state index is 14.6. The number of imide groups is 1. The number of carbonyl (C=O) groups excluding carboxylic acids is 7. The lowest BCUT2D eigenvalue weighted by atomic mass is 9.84. The lowest BCUT2D eigenvalue weighted by Crippen LogP contribution is -2.54. The van der Waals surface area contributed by atoms with Crippen LogP contribution >= 0.6 is 11.3 Å². The van der Waals surface area contributed by atoms with Gasteiger partial charge in [-0.25, -0.2) is 4.98 Å². The molecule has 1 aromatic carbocycles. The first-order valence-electron chi connectivity index (χ1n) is 23.8. The number of ether oxygens (including phenoxy) is 2. The van der Waals surface area contributed by atoms with E-state index in [1.54, 1.807) is 32.4 Å². The van der Waals surface area contributed by atoms with Crippen molar-refractivity contribution >= 4 is 52.6 Å². The zero-order valence-corrected chi connectivity index (χ0v) is 41.0. The Kier molecular flexibility index (Phi) is 19.2. The van der Waals surface area contributed by atoms with Gasteiger partial charge < -0.3 is 29.9 Å². The number of amides is 6. The Morgan fingerprint density at radius 2 is 1.65 bits per heavy atom. The van der Waals surface area contributed by atoms with E-state index in [0.717, 1.165) is 17.0 Å². The molecule has 6 amide bonds. The van der Waals surface area contributed by atoms with Crippen LogP contribution in [0.2, 0.25) is 0 Å². The molecule has 15 nitrogen and oxygen atoms in total. The number of hydrogen-bond donors (Lipinski definition) is 2. The highest BCUT2D eigenvalue weighted by atomic mass is 32.1. The monoisotopic (exact) mass is 933 g/mol. The van der Waals surface area contributed by atoms with Crippen LogP contribution in [0, 0.1) is 23.7 Å². The van der Waals surface area contributed by atoms with Crippen LogP contribution in [0.4, 0.5) is 0 Å². The molecule has 362 valence electrons. The third-order valence-electron chi connectivity index (χ3n) is 14.0. The van der Waals surface area contributed by atoms with Gasteiger partial charge in [-0.2, -0.15) is 0 Å². The zero-order chi connectivity index (χ0) is 48.1. The fourth-order valence-electron chi connectivity index (χ4n) is 9.64. The number of aromatic nitrogens is 1. The number of likely N-dealkylation sites (N-methyl/N-ethyl adjacent to an activating group) is 1. The predicted molar refractivity (Wildman–Crippen MR) is 252 cm³/mol. The van der Waals surface area contributed by atoms with Crippen molar-refractivity contribution in [2.45, 2.75) is 148 Å². The molecule has 2 fully saturated rings. The number of Topliss-reactive ketones (excluding diaryl/α,β-unsaturated/α-hetero) is 1. The highest BCUT2D eigenvalue weighted by molar-refractivity contribution is 7.09. The normalized spacial score (nSPS) is 19.8. The molecule has 1 aliphatic carbocycles. The maximum atomic E-state index is 14.6. The first-order valence-corrected chi connectivity index (χ1v) is 24.7. The van der Waals surface area contributed by atoms with Crippen molar-refractivity contribution in [2.75, 3.05) is 34.4 Å². The summed E-state index contributed by atoms with van der Waals surface area (Å²) in [4.78, 5) is 103. The molecule has 0 spiro atoms. The lowest BCUT2D eigenvalue weighted by Gasteiger charge is -2.41. The van der Waals surface area contributed by atoms with E-state index >= 15 is 0 Å². The molecule has 8 atom stereocenters. The summed E-state index contributed by atoms with van der Waals surface area (Å²) in [6.45, 7) is 10.5. The van der Waals surface area contributed by atoms with Crippen molar-refractivity contribution in [3.05, 3.63) is 64.6 Å². The van der Waals surface area contributed by atoms with Crippen LogP contribution in [-0.2, 0) is 49.5 Å². The second-order valence-electron chi connectivity index (χ2n) is 18.8. The lowest BCUT2D eigenvalue weighted by molar-refractivity contribution is -0.149. The second-order valence-corrected chi connectivity index (χ2v) is 19.7. The summed E-state index contributed by atoms with van der Waals surface area (Å²) in [6, 6.07) is 8.79. The number of thiazole rings is 1. The van der Waals surface area contributed by atoms with Gasteiger partial charge in [0.15, 0.2) is 5.78 Å². The Balaban J connectivity index is 1.19. The second kappa shape index (κ2) is 24.3. The summed E-state index contributed by atoms with van der Waals surface area (Å²) in [5.74, 6) is -3.10. The van der Waals surface area contributed by atoms with Gasteiger partial charge in [0, 0.05) is 76.8 Å². The quantitative estimate of drug-likeness (QED) is 0.0817. The van der Waals surface area contributed by atoms with E-state index in [4.69, 9.17) is 9.47 Å². The number of nitrogens with zero attached hydrogens (tertiary/aromatic N) is 4. The van der Waals surface area contributed by atoms with Crippen LogP contribution in [0.15, 0.2) is 54.1 Å². The molecule has 3 heterocycles. The van der Waals surface area contributed by atoms with Crippen LogP contribution in [0.25, 0.3) is 0 Å². The van der Waals surface area contributed by atoms with E-state index in [-0.39, 0.29) is 84.4 Å². The summed E-state index contributed by atoms with van der Waals surface area (Å²) in [6.07, 6.45) is 8.67. The number of nitrogens with one attached hydrogen (secondary N) is 2. The fraction of sp³-hybridized carbons (Fsp3) is 0.640. The predicted octanol–water partition coefficient (Wildman–Crippen LogP) is 5.83. The van der Waals surface area contributed by atoms with E-state index in [9.17, 15) is 33.6 Å². The van der Waals surface area contributed by atoms with Gasteiger partial charge in [-0.1, -0.05) is 77.8 Å². The number of rotatable bonds is 27. The number of likely N-dealkylation sites (tertiary alicyclic amines) is 1. The summed E-state index contributed by atoms with van der Waals surface area (Å²) in [7, 11) is 4.87. The first kappa shape index (κ1) is 52.2. The SMILES string of the molecule is CC[C@H](C)[C@@H]([C@@H](CC(=O)N1CCC[C@H]1[C@H](OC)[C@@H](C)C(=O)N[C@@H](Cc1ccccc1)c1nccs1)OC)N(C)C(=O)[C@@H](CC(=O)C1(NC(=O)CCCCCN2C(=O)C=CC2=O)CC1)C(C)C. The van der Waals surface area contributed by atoms with E-state index in [1.165, 1.54) is 28.4 Å². The van der Waals surface area contributed by atoms with Crippen LogP contribution in [-0.4, -0.2) is 125 Å². The third-order valence-corrected chi connectivity index (χ3v) is 14.9. The number of ketones is 1. The molecule has 2 aliphatic heterocycles. The topological polar surface area (TPSA) is 185 Å². The fourth-order valence-corrected chi connectivity index (χ4v) is 10.3. The van der Waals surface area contributed by atoms with Gasteiger partial charge >= 0.3 is 0 Å². The molecule has 1 aromatic heterocycles. The summed E-state index contributed by atoms with van der Waals surface area (Å²) < 4.78 is 12.1. The molecule has 0 bridgehead atoms. The van der Waals surface area contributed by atoms with Gasteiger partial charge in [-0.3, -0.25) is 38.5 Å². The average molecular weight is 933 g/mol. The Labute approximate surface area is 394 Å². The van der Waals surface area contributed by atoms with E-state index in [1.807, 2.05) is 75.2 Å². The molecular weight excluding hydrogens is 861 g/mol. The Morgan fingerprint density at radius 1 is 0.955 bits per heavy atom. The van der Waals surface area contributed by atoms with Crippen molar-refractivity contribution < 1.29 is 43.0 Å². The minimum absolute atomic E-state index is 0.00592. The van der Waals surface area contributed by atoms with Crippen molar-refractivity contribution in [1.82, 2.24) is 30.3 Å². The standard InChI is InChI=1S/C50H72N6O9S/c1-9-33(4)45(54(6)49(63)36(32(2)3)30-40(57)50(23-24-50)53-41(58)20-14-11-15-26-56-42(59)21-22-43(56)60)39(64-7)31-44(61)55-27-16-19-38(55)46(65-8)34(5)47(62)52-37(48-51-25-28-66-48)29-35-17-12-10-13-18-35/h10,12-13,17-18,21-22,25,28,32-34,36-39,45-46H,9,11,14-16,19-20,23-24,26-27,29-31H2,1-8H3,(H,52,62)(H,53,58)/t33-,34+,36-,37-,38-,39+,45-,46+/m0/s1. The minimum atomic E-state index is -0.990. The van der Waals surface area contributed by atoms with Gasteiger partial charge in [0.2, 0.25) is 23.6 Å². The number of unbranched alkanes of at least 4 members (excludes halogenated alkanes) is 2. The Bertz CT molecular complexity index is 1990. The first-order chi connectivity index (χ1) is 31.5. The average Bonchev–Trinajstić information content (AvgIpc) is 3.60. The molecule has 66 heavy (non-hydrogen) atoms. The van der Waals surface area contributed by atoms with Crippen LogP contribution in [0.1, 0.15) is 122 Å². The van der Waals surface area contributed by atoms with Gasteiger partial charge in [0.05, 0.1) is 48.2 Å². The summed E-state index contributed by atoms with van der Waals surface area (Å²) in [5, 5.41) is 8.90. The van der Waals surface area contributed by atoms with Crippen molar-refractivity contribution in [3.63, 3.8) is 0 Å². The van der Waals surface area contributed by atoms with Gasteiger partial charge in [-0.05, 0) is 62.3 Å². The van der Waals surface area contributed by atoms with E-state index in [2.05, 4.69) is 15.6 Å². The number of methoxy groups -OCH3 is 2. The number of benzene rings is 1. The minimum Gasteiger partial charge on any atom is -0.379 e.